The highest BCUT2D eigenvalue weighted by Gasteiger charge is 2.49. The van der Waals surface area contributed by atoms with Crippen LogP contribution in [0.2, 0.25) is 20.1 Å². The maximum Gasteiger partial charge on any atom is 0.153 e. The summed E-state index contributed by atoms with van der Waals surface area (Å²) < 4.78 is 0. The third kappa shape index (κ3) is 2.73. The molecule has 0 saturated carbocycles. The highest BCUT2D eigenvalue weighted by atomic mass is 35.5. The first-order valence-electron chi connectivity index (χ1n) is 9.43. The van der Waals surface area contributed by atoms with Crippen LogP contribution in [0.25, 0.3) is 11.1 Å². The second-order valence-electron chi connectivity index (χ2n) is 7.36. The Bertz CT molecular complexity index is 1260. The van der Waals surface area contributed by atoms with E-state index in [9.17, 15) is 10.2 Å². The van der Waals surface area contributed by atoms with E-state index in [1.165, 1.54) is 0 Å². The zero-order chi connectivity index (χ0) is 21.9. The Kier molecular flexibility index (Phi) is 4.87. The number of rotatable bonds is 2. The molecule has 0 aromatic heterocycles. The number of hydrogen-bond donors (Lipinski definition) is 2. The van der Waals surface area contributed by atoms with E-state index in [0.717, 1.165) is 22.3 Å². The van der Waals surface area contributed by atoms with Gasteiger partial charge in [-0.2, -0.15) is 0 Å². The minimum Gasteiger partial charge on any atom is -0.505 e. The van der Waals surface area contributed by atoms with Crippen LogP contribution in [0.4, 0.5) is 0 Å². The molecule has 0 bridgehead atoms. The number of phenolic OH excluding ortho intramolecular Hbond substituents is 2. The molecule has 2 N–H and O–H groups in total. The predicted octanol–water partition coefficient (Wildman–Crippen LogP) is 8.07. The molecule has 0 heterocycles. The molecule has 1 aliphatic carbocycles. The van der Waals surface area contributed by atoms with E-state index >= 15 is 0 Å². The van der Waals surface area contributed by atoms with E-state index in [2.05, 4.69) is 0 Å². The first-order valence-corrected chi connectivity index (χ1v) is 10.9. The van der Waals surface area contributed by atoms with Crippen molar-refractivity contribution in [2.24, 2.45) is 0 Å². The lowest BCUT2D eigenvalue weighted by Gasteiger charge is -2.35. The zero-order valence-corrected chi connectivity index (χ0v) is 18.9. The van der Waals surface area contributed by atoms with Crippen LogP contribution in [0, 0.1) is 0 Å². The summed E-state index contributed by atoms with van der Waals surface area (Å²) in [5.74, 6) is -0.423. The van der Waals surface area contributed by atoms with E-state index in [1.807, 2.05) is 48.5 Å². The summed E-state index contributed by atoms with van der Waals surface area (Å²) in [5.41, 5.74) is 4.04. The summed E-state index contributed by atoms with van der Waals surface area (Å²) in [6.07, 6.45) is 0. The Labute approximate surface area is 199 Å². The molecule has 4 aromatic rings. The normalized spacial score (nSPS) is 13.7. The van der Waals surface area contributed by atoms with Gasteiger partial charge in [-0.25, -0.2) is 0 Å². The van der Waals surface area contributed by atoms with Crippen LogP contribution in [-0.2, 0) is 5.41 Å². The summed E-state index contributed by atoms with van der Waals surface area (Å²) in [6, 6.07) is 22.6. The van der Waals surface area contributed by atoms with Crippen molar-refractivity contribution in [3.05, 3.63) is 115 Å². The maximum atomic E-state index is 10.6. The molecule has 0 fully saturated rings. The van der Waals surface area contributed by atoms with E-state index < -0.39 is 5.41 Å². The van der Waals surface area contributed by atoms with Crippen molar-refractivity contribution in [1.29, 1.82) is 0 Å². The molecular formula is C25H14Cl4O2. The molecule has 6 heteroatoms. The molecule has 5 rings (SSSR count). The van der Waals surface area contributed by atoms with E-state index in [1.54, 1.807) is 24.3 Å². The number of aromatic hydroxyl groups is 2. The average molecular weight is 488 g/mol. The van der Waals surface area contributed by atoms with Gasteiger partial charge in [-0.3, -0.25) is 0 Å². The van der Waals surface area contributed by atoms with Crippen LogP contribution >= 0.6 is 46.4 Å². The molecule has 154 valence electrons. The lowest BCUT2D eigenvalue weighted by atomic mass is 9.67. The van der Waals surface area contributed by atoms with Gasteiger partial charge in [0.15, 0.2) is 11.5 Å². The Morgan fingerprint density at radius 2 is 0.871 bits per heavy atom. The van der Waals surface area contributed by atoms with E-state index in [-0.39, 0.29) is 31.6 Å². The summed E-state index contributed by atoms with van der Waals surface area (Å²) >= 11 is 25.7. The Morgan fingerprint density at radius 1 is 0.484 bits per heavy atom. The summed E-state index contributed by atoms with van der Waals surface area (Å²) in [5, 5.41) is 21.7. The Balaban J connectivity index is 2.04. The van der Waals surface area contributed by atoms with Crippen molar-refractivity contribution in [3.8, 4) is 22.6 Å². The van der Waals surface area contributed by atoms with Crippen molar-refractivity contribution >= 4 is 46.4 Å². The second-order valence-corrected chi connectivity index (χ2v) is 8.93. The van der Waals surface area contributed by atoms with Crippen LogP contribution in [0.1, 0.15) is 22.3 Å². The van der Waals surface area contributed by atoms with Crippen molar-refractivity contribution in [2.45, 2.75) is 5.41 Å². The SMILES string of the molecule is Oc1c(Cl)ccc(C2(c3ccc(Cl)c(O)c3Cl)c3ccccc3-c3ccccc32)c1Cl. The third-order valence-electron chi connectivity index (χ3n) is 5.89. The quantitative estimate of drug-likeness (QED) is 0.264. The highest BCUT2D eigenvalue weighted by molar-refractivity contribution is 6.39. The molecule has 0 unspecified atom stereocenters. The molecule has 0 amide bonds. The Morgan fingerprint density at radius 3 is 1.29 bits per heavy atom. The van der Waals surface area contributed by atoms with Crippen molar-refractivity contribution in [1.82, 2.24) is 0 Å². The Hall–Kier alpha value is -2.36. The minimum absolute atomic E-state index is 0.115. The van der Waals surface area contributed by atoms with Crippen molar-refractivity contribution in [3.63, 3.8) is 0 Å². The topological polar surface area (TPSA) is 40.5 Å². The summed E-state index contributed by atoms with van der Waals surface area (Å²) in [7, 11) is 0. The predicted molar refractivity (Wildman–Crippen MR) is 127 cm³/mol. The standard InChI is InChI=1S/C25H14Cl4O2/c26-19-11-9-17(21(28)23(19)30)25(18-10-12-20(27)24(31)22(18)29)15-7-3-1-5-13(15)14-6-2-4-8-16(14)25/h1-12,30-31H. The average Bonchev–Trinajstić information content (AvgIpc) is 3.07. The van der Waals surface area contributed by atoms with Crippen LogP contribution in [0.3, 0.4) is 0 Å². The van der Waals surface area contributed by atoms with E-state index in [0.29, 0.717) is 11.1 Å². The molecule has 0 saturated heterocycles. The molecule has 31 heavy (non-hydrogen) atoms. The van der Waals surface area contributed by atoms with Gasteiger partial charge in [0.25, 0.3) is 0 Å². The summed E-state index contributed by atoms with van der Waals surface area (Å²) in [4.78, 5) is 0. The number of benzene rings is 4. The number of phenols is 2. The molecule has 0 radical (unpaired) electrons. The van der Waals surface area contributed by atoms with E-state index in [4.69, 9.17) is 46.4 Å². The first-order chi connectivity index (χ1) is 14.9. The van der Waals surface area contributed by atoms with Crippen molar-refractivity contribution in [2.75, 3.05) is 0 Å². The molecule has 2 nitrogen and oxygen atoms in total. The van der Waals surface area contributed by atoms with Gasteiger partial charge in [0.05, 0.1) is 25.5 Å². The number of halogens is 4. The largest absolute Gasteiger partial charge is 0.505 e. The monoisotopic (exact) mass is 486 g/mol. The third-order valence-corrected chi connectivity index (χ3v) is 7.27. The smallest absolute Gasteiger partial charge is 0.153 e. The molecular weight excluding hydrogens is 474 g/mol. The fraction of sp³-hybridized carbons (Fsp3) is 0.0400. The van der Waals surface area contributed by atoms with Crippen LogP contribution in [0.15, 0.2) is 72.8 Å². The van der Waals surface area contributed by atoms with Crippen LogP contribution < -0.4 is 0 Å². The second kappa shape index (κ2) is 7.36. The summed E-state index contributed by atoms with van der Waals surface area (Å²) in [6.45, 7) is 0. The van der Waals surface area contributed by atoms with Gasteiger partial charge in [-0.15, -0.1) is 0 Å². The van der Waals surface area contributed by atoms with Gasteiger partial charge >= 0.3 is 0 Å². The lowest BCUT2D eigenvalue weighted by Crippen LogP contribution is -2.29. The van der Waals surface area contributed by atoms with Gasteiger partial charge < -0.3 is 10.2 Å². The van der Waals surface area contributed by atoms with Crippen LogP contribution in [0.5, 0.6) is 11.5 Å². The molecule has 0 atom stereocenters. The molecule has 4 aromatic carbocycles. The fourth-order valence-electron chi connectivity index (χ4n) is 4.62. The highest BCUT2D eigenvalue weighted by Crippen LogP contribution is 2.60. The molecule has 1 aliphatic rings. The minimum atomic E-state index is -1.01. The zero-order valence-electron chi connectivity index (χ0n) is 15.8. The van der Waals surface area contributed by atoms with Gasteiger partial charge in [0.2, 0.25) is 0 Å². The van der Waals surface area contributed by atoms with Gasteiger partial charge in [0, 0.05) is 0 Å². The van der Waals surface area contributed by atoms with Gasteiger partial charge in [0.1, 0.15) is 0 Å². The fourth-order valence-corrected chi connectivity index (χ4v) is 5.65. The van der Waals surface area contributed by atoms with Gasteiger partial charge in [-0.1, -0.05) is 107 Å². The molecule has 0 spiro atoms. The van der Waals surface area contributed by atoms with Gasteiger partial charge in [-0.05, 0) is 45.5 Å². The maximum absolute atomic E-state index is 10.6. The lowest BCUT2D eigenvalue weighted by molar-refractivity contribution is 0.473. The first kappa shape index (κ1) is 20.5. The van der Waals surface area contributed by atoms with Crippen LogP contribution in [-0.4, -0.2) is 10.2 Å². The van der Waals surface area contributed by atoms with Crippen molar-refractivity contribution < 1.29 is 10.2 Å². The molecule has 0 aliphatic heterocycles. The number of fused-ring (bicyclic) bond motifs is 3. The number of hydrogen-bond acceptors (Lipinski definition) is 2.